The van der Waals surface area contributed by atoms with Gasteiger partial charge < -0.3 is 0 Å². The summed E-state index contributed by atoms with van der Waals surface area (Å²) in [6, 6.07) is 22.9. The molecule has 0 saturated carbocycles. The first-order chi connectivity index (χ1) is 16.7. The Balaban J connectivity index is 1.99. The lowest BCUT2D eigenvalue weighted by Crippen LogP contribution is -2.37. The van der Waals surface area contributed by atoms with Crippen molar-refractivity contribution >= 4 is 33.2 Å². The van der Waals surface area contributed by atoms with E-state index in [0.29, 0.717) is 5.92 Å². The van der Waals surface area contributed by atoms with Crippen molar-refractivity contribution in [1.82, 2.24) is 0 Å². The van der Waals surface area contributed by atoms with E-state index in [1.54, 1.807) is 0 Å². The quantitative estimate of drug-likeness (QED) is 0.365. The van der Waals surface area contributed by atoms with Crippen molar-refractivity contribution in [3.63, 3.8) is 0 Å². The summed E-state index contributed by atoms with van der Waals surface area (Å²) in [5, 5.41) is 2.15. The summed E-state index contributed by atoms with van der Waals surface area (Å²) in [6.45, 7) is 15.5. The Morgan fingerprint density at radius 3 is 1.91 bits per heavy atom. The van der Waals surface area contributed by atoms with Crippen LogP contribution in [0, 0.1) is 5.92 Å². The largest absolute Gasteiger partial charge is 0.253 e. The van der Waals surface area contributed by atoms with Crippen LogP contribution in [0.25, 0.3) is 11.0 Å². The number of nitrogens with zero attached hydrogens (tertiary/aromatic N) is 1. The molecule has 0 radical (unpaired) electrons. The first-order valence-electron chi connectivity index (χ1n) is 12.7. The third-order valence-corrected chi connectivity index (χ3v) is 8.66. The highest BCUT2D eigenvalue weighted by molar-refractivity contribution is 7.94. The number of hydrogen-bond donors (Lipinski definition) is 0. The predicted molar refractivity (Wildman–Crippen MR) is 151 cm³/mol. The van der Waals surface area contributed by atoms with Crippen LogP contribution in [0.3, 0.4) is 0 Å². The van der Waals surface area contributed by atoms with Gasteiger partial charge in [0.15, 0.2) is 0 Å². The zero-order valence-electron chi connectivity index (χ0n) is 22.0. The molecular formula is C32H37NOS. The SMILES string of the molecule is CC1C(=Nc2ccccc2)C=c2ccccc2=C1S(=O)c1c(C(C)C)cc(C(C)C)cc1C(C)C. The Morgan fingerprint density at radius 2 is 1.34 bits per heavy atom. The Kier molecular flexibility index (Phi) is 7.56. The number of benzene rings is 3. The van der Waals surface area contributed by atoms with Crippen LogP contribution >= 0.6 is 0 Å². The molecule has 182 valence electrons. The third-order valence-electron chi connectivity index (χ3n) is 6.85. The Labute approximate surface area is 213 Å². The fraction of sp³-hybridized carbons (Fsp3) is 0.344. The Bertz CT molecular complexity index is 1370. The molecule has 2 unspecified atom stereocenters. The van der Waals surface area contributed by atoms with Crippen molar-refractivity contribution in [2.75, 3.05) is 0 Å². The van der Waals surface area contributed by atoms with Crippen LogP contribution in [0.2, 0.25) is 0 Å². The van der Waals surface area contributed by atoms with Gasteiger partial charge >= 0.3 is 0 Å². The summed E-state index contributed by atoms with van der Waals surface area (Å²) in [5.74, 6) is 0.928. The summed E-state index contributed by atoms with van der Waals surface area (Å²) in [7, 11) is -1.31. The molecule has 1 aliphatic rings. The normalized spacial score (nSPS) is 17.7. The van der Waals surface area contributed by atoms with E-state index in [-0.39, 0.29) is 17.8 Å². The van der Waals surface area contributed by atoms with Gasteiger partial charge in [0, 0.05) is 16.5 Å². The second-order valence-corrected chi connectivity index (χ2v) is 11.8. The molecule has 0 bridgehead atoms. The lowest BCUT2D eigenvalue weighted by atomic mass is 9.89. The number of rotatable bonds is 6. The summed E-state index contributed by atoms with van der Waals surface area (Å²) in [4.78, 5) is 6.94. The van der Waals surface area contributed by atoms with Crippen molar-refractivity contribution in [1.29, 1.82) is 0 Å². The first kappa shape index (κ1) is 25.3. The van der Waals surface area contributed by atoms with E-state index in [1.807, 2.05) is 42.5 Å². The molecule has 3 heteroatoms. The molecule has 0 aliphatic heterocycles. The molecule has 0 heterocycles. The number of aliphatic imine (C=N–C) groups is 1. The highest BCUT2D eigenvalue weighted by atomic mass is 32.2. The van der Waals surface area contributed by atoms with Gasteiger partial charge in [0.05, 0.1) is 21.4 Å². The van der Waals surface area contributed by atoms with Crippen LogP contribution in [0.4, 0.5) is 5.69 Å². The second-order valence-electron chi connectivity index (χ2n) is 10.5. The van der Waals surface area contributed by atoms with Gasteiger partial charge in [0.25, 0.3) is 0 Å². The van der Waals surface area contributed by atoms with Gasteiger partial charge in [0.1, 0.15) is 0 Å². The third kappa shape index (κ3) is 5.11. The minimum Gasteiger partial charge on any atom is -0.253 e. The van der Waals surface area contributed by atoms with E-state index in [9.17, 15) is 4.21 Å². The fourth-order valence-electron chi connectivity index (χ4n) is 4.75. The second kappa shape index (κ2) is 10.5. The average molecular weight is 484 g/mol. The molecular weight excluding hydrogens is 446 g/mol. The van der Waals surface area contributed by atoms with Crippen LogP contribution < -0.4 is 10.4 Å². The van der Waals surface area contributed by atoms with Crippen LogP contribution in [0.1, 0.15) is 82.9 Å². The summed E-state index contributed by atoms with van der Waals surface area (Å²) >= 11 is 0. The van der Waals surface area contributed by atoms with Gasteiger partial charge in [-0.3, -0.25) is 4.99 Å². The van der Waals surface area contributed by atoms with Gasteiger partial charge in [-0.15, -0.1) is 0 Å². The number of hydrogen-bond acceptors (Lipinski definition) is 2. The zero-order chi connectivity index (χ0) is 25.3. The van der Waals surface area contributed by atoms with Crippen molar-refractivity contribution in [3.8, 4) is 0 Å². The van der Waals surface area contributed by atoms with E-state index in [0.717, 1.165) is 31.6 Å². The lowest BCUT2D eigenvalue weighted by Gasteiger charge is -2.26. The minimum absolute atomic E-state index is 0.0595. The summed E-state index contributed by atoms with van der Waals surface area (Å²) in [6.07, 6.45) is 2.16. The van der Waals surface area contributed by atoms with E-state index >= 15 is 0 Å². The van der Waals surface area contributed by atoms with Crippen molar-refractivity contribution in [2.24, 2.45) is 10.9 Å². The minimum atomic E-state index is -1.31. The lowest BCUT2D eigenvalue weighted by molar-refractivity contribution is 0.680. The maximum atomic E-state index is 14.7. The van der Waals surface area contributed by atoms with Crippen molar-refractivity contribution < 1.29 is 4.21 Å². The van der Waals surface area contributed by atoms with Gasteiger partial charge in [-0.25, -0.2) is 4.21 Å². The van der Waals surface area contributed by atoms with Crippen LogP contribution in [-0.2, 0) is 10.8 Å². The van der Waals surface area contributed by atoms with E-state index < -0.39 is 10.8 Å². The van der Waals surface area contributed by atoms with Gasteiger partial charge in [-0.1, -0.05) is 103 Å². The molecule has 0 saturated heterocycles. The Morgan fingerprint density at radius 1 is 0.771 bits per heavy atom. The highest BCUT2D eigenvalue weighted by Crippen LogP contribution is 2.38. The maximum Gasteiger partial charge on any atom is 0.0827 e. The molecule has 4 rings (SSSR count). The molecule has 2 atom stereocenters. The predicted octanol–water partition coefficient (Wildman–Crippen LogP) is 7.18. The van der Waals surface area contributed by atoms with Crippen LogP contribution in [0.5, 0.6) is 0 Å². The van der Waals surface area contributed by atoms with Gasteiger partial charge in [-0.05, 0) is 63.1 Å². The maximum absolute atomic E-state index is 14.7. The van der Waals surface area contributed by atoms with Gasteiger partial charge in [-0.2, -0.15) is 0 Å². The first-order valence-corrected chi connectivity index (χ1v) is 13.9. The summed E-state index contributed by atoms with van der Waals surface area (Å²) < 4.78 is 14.7. The molecule has 0 fully saturated rings. The van der Waals surface area contributed by atoms with Crippen molar-refractivity contribution in [3.05, 3.63) is 93.9 Å². The molecule has 0 aromatic heterocycles. The van der Waals surface area contributed by atoms with Crippen molar-refractivity contribution in [2.45, 2.75) is 71.1 Å². The molecule has 0 spiro atoms. The highest BCUT2D eigenvalue weighted by Gasteiger charge is 2.29. The monoisotopic (exact) mass is 483 g/mol. The standard InChI is InChI=1S/C32H37NOS/c1-20(2)25-17-28(21(3)4)32(29(18-25)22(5)6)35(34)31-23(7)30(33-26-14-9-8-10-15-26)19-24-13-11-12-16-27(24)31/h8-23H,1-7H3. The molecule has 3 aromatic rings. The van der Waals surface area contributed by atoms with E-state index in [2.05, 4.69) is 78.8 Å². The molecule has 35 heavy (non-hydrogen) atoms. The molecule has 2 nitrogen and oxygen atoms in total. The summed E-state index contributed by atoms with van der Waals surface area (Å²) in [5.41, 5.74) is 5.59. The van der Waals surface area contributed by atoms with E-state index in [4.69, 9.17) is 4.99 Å². The Hall–Kier alpha value is -2.78. The van der Waals surface area contributed by atoms with Gasteiger partial charge in [0.2, 0.25) is 0 Å². The topological polar surface area (TPSA) is 29.4 Å². The van der Waals surface area contributed by atoms with E-state index in [1.165, 1.54) is 16.7 Å². The molecule has 0 amide bonds. The van der Waals surface area contributed by atoms with Crippen LogP contribution in [-0.4, -0.2) is 9.92 Å². The average Bonchev–Trinajstić information content (AvgIpc) is 2.83. The fourth-order valence-corrected chi connectivity index (χ4v) is 6.82. The molecule has 1 aliphatic carbocycles. The molecule has 0 N–H and O–H groups in total. The zero-order valence-corrected chi connectivity index (χ0v) is 22.8. The van der Waals surface area contributed by atoms with Crippen LogP contribution in [0.15, 0.2) is 76.6 Å². The molecule has 3 aromatic carbocycles. The smallest absolute Gasteiger partial charge is 0.0827 e. The number of para-hydroxylation sites is 1. The number of fused-ring (bicyclic) bond motifs is 1.